The van der Waals surface area contributed by atoms with Gasteiger partial charge in [0.25, 0.3) is 0 Å². The molecule has 2 rings (SSSR count). The second-order valence-electron chi connectivity index (χ2n) is 5.61. The number of rotatable bonds is 4. The molecular weight excluding hydrogens is 306 g/mol. The van der Waals surface area contributed by atoms with Gasteiger partial charge >= 0.3 is 0 Å². The van der Waals surface area contributed by atoms with E-state index in [1.54, 1.807) is 0 Å². The van der Waals surface area contributed by atoms with E-state index >= 15 is 0 Å². The summed E-state index contributed by atoms with van der Waals surface area (Å²) < 4.78 is 1.27. The van der Waals surface area contributed by atoms with E-state index in [0.29, 0.717) is 6.04 Å². The van der Waals surface area contributed by atoms with Crippen molar-refractivity contribution >= 4 is 27.3 Å². The van der Waals surface area contributed by atoms with E-state index in [0.717, 1.165) is 18.4 Å². The Morgan fingerprint density at radius 2 is 2.06 bits per heavy atom. The molecule has 1 atom stereocenters. The van der Waals surface area contributed by atoms with E-state index in [2.05, 4.69) is 48.1 Å². The first-order valence-electron chi connectivity index (χ1n) is 7.11. The van der Waals surface area contributed by atoms with Crippen LogP contribution in [0.25, 0.3) is 0 Å². The summed E-state index contributed by atoms with van der Waals surface area (Å²) in [6.45, 7) is 7.87. The van der Waals surface area contributed by atoms with E-state index in [-0.39, 0.29) is 0 Å². The molecule has 3 heteroatoms. The zero-order valence-electron chi connectivity index (χ0n) is 11.6. The van der Waals surface area contributed by atoms with Crippen LogP contribution >= 0.6 is 27.3 Å². The smallest absolute Gasteiger partial charge is 0.0443 e. The SMILES string of the molecule is CCNC(c1cc(Br)c(C)s1)C1CCC(C)CC1. The predicted octanol–water partition coefficient (Wildman–Crippen LogP) is 5.30. The number of nitrogens with one attached hydrogen (secondary N) is 1. The van der Waals surface area contributed by atoms with Crippen LogP contribution in [0.2, 0.25) is 0 Å². The van der Waals surface area contributed by atoms with Gasteiger partial charge in [-0.15, -0.1) is 11.3 Å². The Hall–Kier alpha value is 0.140. The second-order valence-corrected chi connectivity index (χ2v) is 7.75. The highest BCUT2D eigenvalue weighted by Gasteiger charge is 2.27. The third-order valence-corrected chi connectivity index (χ3v) is 6.36. The molecule has 1 aromatic rings. The Bertz CT molecular complexity index is 360. The number of halogens is 1. The van der Waals surface area contributed by atoms with E-state index in [1.165, 1.54) is 39.9 Å². The number of hydrogen-bond donors (Lipinski definition) is 1. The molecule has 1 N–H and O–H groups in total. The molecule has 1 aliphatic carbocycles. The molecule has 18 heavy (non-hydrogen) atoms. The van der Waals surface area contributed by atoms with Gasteiger partial charge in [-0.3, -0.25) is 0 Å². The van der Waals surface area contributed by atoms with Gasteiger partial charge in [0.05, 0.1) is 0 Å². The molecule has 1 unspecified atom stereocenters. The summed E-state index contributed by atoms with van der Waals surface area (Å²) in [6, 6.07) is 2.89. The molecule has 0 spiro atoms. The Morgan fingerprint density at radius 1 is 1.39 bits per heavy atom. The summed E-state index contributed by atoms with van der Waals surface area (Å²) >= 11 is 5.60. The van der Waals surface area contributed by atoms with Gasteiger partial charge in [-0.05, 0) is 60.1 Å². The lowest BCUT2D eigenvalue weighted by molar-refractivity contribution is 0.235. The van der Waals surface area contributed by atoms with Crippen LogP contribution in [0.1, 0.15) is 55.3 Å². The van der Waals surface area contributed by atoms with Crippen LogP contribution in [-0.4, -0.2) is 6.54 Å². The van der Waals surface area contributed by atoms with E-state index in [9.17, 15) is 0 Å². The van der Waals surface area contributed by atoms with Gasteiger partial charge in [0.1, 0.15) is 0 Å². The van der Waals surface area contributed by atoms with Crippen molar-refractivity contribution in [2.75, 3.05) is 6.54 Å². The molecule has 0 amide bonds. The molecule has 0 aliphatic heterocycles. The fourth-order valence-electron chi connectivity index (χ4n) is 2.97. The quantitative estimate of drug-likeness (QED) is 0.790. The van der Waals surface area contributed by atoms with Crippen molar-refractivity contribution in [3.63, 3.8) is 0 Å². The largest absolute Gasteiger partial charge is 0.309 e. The highest BCUT2D eigenvalue weighted by molar-refractivity contribution is 9.10. The summed E-state index contributed by atoms with van der Waals surface area (Å²) in [4.78, 5) is 2.91. The maximum Gasteiger partial charge on any atom is 0.0443 e. The van der Waals surface area contributed by atoms with Crippen molar-refractivity contribution in [3.05, 3.63) is 20.3 Å². The third-order valence-electron chi connectivity index (χ3n) is 4.14. The molecule has 1 aliphatic rings. The number of hydrogen-bond acceptors (Lipinski definition) is 2. The highest BCUT2D eigenvalue weighted by Crippen LogP contribution is 2.40. The minimum absolute atomic E-state index is 0.567. The van der Waals surface area contributed by atoms with E-state index < -0.39 is 0 Å². The first-order chi connectivity index (χ1) is 8.61. The van der Waals surface area contributed by atoms with Crippen molar-refractivity contribution in [2.24, 2.45) is 11.8 Å². The molecule has 0 bridgehead atoms. The van der Waals surface area contributed by atoms with E-state index in [1.807, 2.05) is 11.3 Å². The molecule has 1 nitrogen and oxygen atoms in total. The zero-order chi connectivity index (χ0) is 13.1. The molecule has 1 saturated carbocycles. The minimum Gasteiger partial charge on any atom is -0.309 e. The molecule has 102 valence electrons. The average molecular weight is 330 g/mol. The van der Waals surface area contributed by atoms with Crippen molar-refractivity contribution in [1.82, 2.24) is 5.32 Å². The normalized spacial score (nSPS) is 26.2. The van der Waals surface area contributed by atoms with Crippen LogP contribution in [0.4, 0.5) is 0 Å². The molecule has 1 fully saturated rings. The lowest BCUT2D eigenvalue weighted by Gasteiger charge is -2.32. The van der Waals surface area contributed by atoms with Crippen molar-refractivity contribution in [1.29, 1.82) is 0 Å². The molecular formula is C15H24BrNS. The van der Waals surface area contributed by atoms with Gasteiger partial charge in [-0.2, -0.15) is 0 Å². The standard InChI is InChI=1S/C15H24BrNS/c1-4-17-15(12-7-5-10(2)6-8-12)14-9-13(16)11(3)18-14/h9-10,12,15,17H,4-8H2,1-3H3. The van der Waals surface area contributed by atoms with Crippen molar-refractivity contribution < 1.29 is 0 Å². The summed E-state index contributed by atoms with van der Waals surface area (Å²) in [7, 11) is 0. The first-order valence-corrected chi connectivity index (χ1v) is 8.72. The maximum absolute atomic E-state index is 3.71. The Kier molecular flexibility index (Phi) is 5.28. The maximum atomic E-state index is 3.71. The van der Waals surface area contributed by atoms with Crippen LogP contribution in [0.3, 0.4) is 0 Å². The first kappa shape index (κ1) is 14.5. The fraction of sp³-hybridized carbons (Fsp3) is 0.733. The van der Waals surface area contributed by atoms with Gasteiger partial charge in [0.2, 0.25) is 0 Å². The summed E-state index contributed by atoms with van der Waals surface area (Å²) in [6.07, 6.45) is 5.57. The van der Waals surface area contributed by atoms with Gasteiger partial charge in [-0.1, -0.05) is 26.7 Å². The Morgan fingerprint density at radius 3 is 2.56 bits per heavy atom. The van der Waals surface area contributed by atoms with Crippen LogP contribution < -0.4 is 5.32 Å². The number of thiophene rings is 1. The topological polar surface area (TPSA) is 12.0 Å². The molecule has 0 aromatic carbocycles. The third kappa shape index (κ3) is 3.37. The Balaban J connectivity index is 2.12. The summed E-state index contributed by atoms with van der Waals surface area (Å²) in [5.41, 5.74) is 0. The highest BCUT2D eigenvalue weighted by atomic mass is 79.9. The van der Waals surface area contributed by atoms with Crippen molar-refractivity contribution in [2.45, 2.75) is 52.5 Å². The van der Waals surface area contributed by atoms with Crippen LogP contribution in [0.5, 0.6) is 0 Å². The van der Waals surface area contributed by atoms with Crippen LogP contribution in [-0.2, 0) is 0 Å². The molecule has 0 radical (unpaired) electrons. The second kappa shape index (κ2) is 6.53. The lowest BCUT2D eigenvalue weighted by Crippen LogP contribution is -2.30. The zero-order valence-corrected chi connectivity index (χ0v) is 14.0. The Labute approximate surface area is 123 Å². The minimum atomic E-state index is 0.567. The van der Waals surface area contributed by atoms with Gasteiger partial charge in [0, 0.05) is 20.3 Å². The van der Waals surface area contributed by atoms with Gasteiger partial charge < -0.3 is 5.32 Å². The predicted molar refractivity (Wildman–Crippen MR) is 84.3 cm³/mol. The summed E-state index contributed by atoms with van der Waals surface area (Å²) in [5, 5.41) is 3.71. The fourth-order valence-corrected chi connectivity index (χ4v) is 4.70. The number of aryl methyl sites for hydroxylation is 1. The lowest BCUT2D eigenvalue weighted by atomic mass is 9.79. The van der Waals surface area contributed by atoms with Crippen molar-refractivity contribution in [3.8, 4) is 0 Å². The van der Waals surface area contributed by atoms with Crippen LogP contribution in [0.15, 0.2) is 10.5 Å². The van der Waals surface area contributed by atoms with Crippen LogP contribution in [0, 0.1) is 18.8 Å². The van der Waals surface area contributed by atoms with Gasteiger partial charge in [0.15, 0.2) is 0 Å². The molecule has 1 aromatic heterocycles. The summed E-state index contributed by atoms with van der Waals surface area (Å²) in [5.74, 6) is 1.76. The molecule has 0 saturated heterocycles. The van der Waals surface area contributed by atoms with E-state index in [4.69, 9.17) is 0 Å². The van der Waals surface area contributed by atoms with Gasteiger partial charge in [-0.25, -0.2) is 0 Å². The molecule has 1 heterocycles. The average Bonchev–Trinajstić information content (AvgIpc) is 2.68. The monoisotopic (exact) mass is 329 g/mol.